The second-order valence-corrected chi connectivity index (χ2v) is 4.18. The second-order valence-electron chi connectivity index (χ2n) is 4.18. The fraction of sp³-hybridized carbons (Fsp3) is 0.545. The summed E-state index contributed by atoms with van der Waals surface area (Å²) in [5.41, 5.74) is 0. The Bertz CT molecular complexity index is 342. The van der Waals surface area contributed by atoms with Crippen molar-refractivity contribution in [1.29, 1.82) is 0 Å². The number of hydrogen-bond acceptors (Lipinski definition) is 3. The van der Waals surface area contributed by atoms with Crippen molar-refractivity contribution < 1.29 is 14.4 Å². The van der Waals surface area contributed by atoms with Gasteiger partial charge in [0.05, 0.1) is 0 Å². The molecule has 0 aromatic carbocycles. The maximum absolute atomic E-state index is 11.5. The van der Waals surface area contributed by atoms with Gasteiger partial charge in [-0.1, -0.05) is 12.2 Å². The first-order chi connectivity index (χ1) is 7.66. The molecule has 2 rings (SSSR count). The van der Waals surface area contributed by atoms with Crippen LogP contribution in [0.1, 0.15) is 25.7 Å². The van der Waals surface area contributed by atoms with Crippen LogP contribution in [-0.4, -0.2) is 29.3 Å². The van der Waals surface area contributed by atoms with E-state index in [1.807, 2.05) is 0 Å². The number of rotatable bonds is 2. The third-order valence-corrected chi connectivity index (χ3v) is 2.92. The van der Waals surface area contributed by atoms with Gasteiger partial charge in [0.15, 0.2) is 0 Å². The Morgan fingerprint density at radius 2 is 2.12 bits per heavy atom. The summed E-state index contributed by atoms with van der Waals surface area (Å²) in [5.74, 6) is -0.564. The van der Waals surface area contributed by atoms with Crippen molar-refractivity contribution in [2.24, 2.45) is 5.92 Å². The molecule has 1 saturated heterocycles. The zero-order chi connectivity index (χ0) is 11.5. The SMILES string of the molecule is O=C1CC(=O)N(CC2CC=CCC2)C(=O)N1. The van der Waals surface area contributed by atoms with Crippen molar-refractivity contribution in [1.82, 2.24) is 10.2 Å². The van der Waals surface area contributed by atoms with E-state index >= 15 is 0 Å². The van der Waals surface area contributed by atoms with Gasteiger partial charge in [0.2, 0.25) is 11.8 Å². The minimum atomic E-state index is -0.573. The lowest BCUT2D eigenvalue weighted by atomic mass is 9.94. The van der Waals surface area contributed by atoms with Gasteiger partial charge in [-0.2, -0.15) is 0 Å². The smallest absolute Gasteiger partial charge is 0.277 e. The van der Waals surface area contributed by atoms with Gasteiger partial charge in [-0.3, -0.25) is 19.8 Å². The lowest BCUT2D eigenvalue weighted by molar-refractivity contribution is -0.136. The molecule has 86 valence electrons. The lowest BCUT2D eigenvalue weighted by Crippen LogP contribution is -2.53. The highest BCUT2D eigenvalue weighted by Crippen LogP contribution is 2.20. The molecule has 1 aliphatic heterocycles. The Labute approximate surface area is 93.5 Å². The van der Waals surface area contributed by atoms with E-state index in [0.717, 1.165) is 24.2 Å². The molecule has 1 unspecified atom stereocenters. The van der Waals surface area contributed by atoms with Crippen LogP contribution >= 0.6 is 0 Å². The Balaban J connectivity index is 1.97. The van der Waals surface area contributed by atoms with Crippen molar-refractivity contribution in [3.63, 3.8) is 0 Å². The van der Waals surface area contributed by atoms with E-state index in [9.17, 15) is 14.4 Å². The Kier molecular flexibility index (Phi) is 3.03. The molecule has 0 aromatic heterocycles. The van der Waals surface area contributed by atoms with E-state index in [2.05, 4.69) is 17.5 Å². The van der Waals surface area contributed by atoms with Gasteiger partial charge >= 0.3 is 6.03 Å². The molecule has 5 nitrogen and oxygen atoms in total. The van der Waals surface area contributed by atoms with Crippen molar-refractivity contribution >= 4 is 17.8 Å². The first kappa shape index (κ1) is 10.9. The van der Waals surface area contributed by atoms with Gasteiger partial charge in [0.25, 0.3) is 0 Å². The summed E-state index contributed by atoms with van der Waals surface area (Å²) in [4.78, 5) is 35.0. The molecule has 0 spiro atoms. The van der Waals surface area contributed by atoms with Gasteiger partial charge in [0, 0.05) is 6.54 Å². The van der Waals surface area contributed by atoms with Crippen LogP contribution in [0.15, 0.2) is 12.2 Å². The summed E-state index contributed by atoms with van der Waals surface area (Å²) in [7, 11) is 0. The van der Waals surface area contributed by atoms with Gasteiger partial charge < -0.3 is 0 Å². The maximum Gasteiger partial charge on any atom is 0.330 e. The lowest BCUT2D eigenvalue weighted by Gasteiger charge is -2.29. The van der Waals surface area contributed by atoms with E-state index in [0.29, 0.717) is 12.5 Å². The highest BCUT2D eigenvalue weighted by molar-refractivity contribution is 6.14. The van der Waals surface area contributed by atoms with Crippen LogP contribution in [0.3, 0.4) is 0 Å². The van der Waals surface area contributed by atoms with Crippen LogP contribution in [-0.2, 0) is 9.59 Å². The normalized spacial score (nSPS) is 25.9. The van der Waals surface area contributed by atoms with Crippen LogP contribution in [0.2, 0.25) is 0 Å². The first-order valence-electron chi connectivity index (χ1n) is 5.46. The third-order valence-electron chi connectivity index (χ3n) is 2.92. The summed E-state index contributed by atoms with van der Waals surface area (Å²) in [5, 5.41) is 2.16. The third kappa shape index (κ3) is 2.29. The quantitative estimate of drug-likeness (QED) is 0.555. The summed E-state index contributed by atoms with van der Waals surface area (Å²) in [6, 6.07) is -0.573. The molecule has 16 heavy (non-hydrogen) atoms. The van der Waals surface area contributed by atoms with Crippen LogP contribution in [0.25, 0.3) is 0 Å². The van der Waals surface area contributed by atoms with E-state index in [4.69, 9.17) is 0 Å². The van der Waals surface area contributed by atoms with Crippen LogP contribution in [0.4, 0.5) is 4.79 Å². The van der Waals surface area contributed by atoms with E-state index in [-0.39, 0.29) is 12.3 Å². The van der Waals surface area contributed by atoms with Crippen LogP contribution in [0.5, 0.6) is 0 Å². The Morgan fingerprint density at radius 1 is 1.31 bits per heavy atom. The monoisotopic (exact) mass is 222 g/mol. The maximum atomic E-state index is 11.5. The Hall–Kier alpha value is -1.65. The molecular weight excluding hydrogens is 208 g/mol. The molecule has 0 aromatic rings. The predicted octanol–water partition coefficient (Wildman–Crippen LogP) is 0.811. The number of amides is 4. The number of nitrogens with zero attached hydrogens (tertiary/aromatic N) is 1. The number of nitrogens with one attached hydrogen (secondary N) is 1. The Morgan fingerprint density at radius 3 is 2.75 bits per heavy atom. The molecule has 1 N–H and O–H groups in total. The fourth-order valence-corrected chi connectivity index (χ4v) is 2.04. The highest BCUT2D eigenvalue weighted by Gasteiger charge is 2.32. The molecule has 0 radical (unpaired) electrons. The molecule has 5 heteroatoms. The summed E-state index contributed by atoms with van der Waals surface area (Å²) >= 11 is 0. The van der Waals surface area contributed by atoms with Crippen molar-refractivity contribution in [2.45, 2.75) is 25.7 Å². The molecule has 0 bridgehead atoms. The summed E-state index contributed by atoms with van der Waals surface area (Å²) in [6.07, 6.45) is 6.85. The number of urea groups is 1. The number of carbonyl (C=O) groups excluding carboxylic acids is 3. The number of imide groups is 2. The molecule has 1 heterocycles. The number of hydrogen-bond donors (Lipinski definition) is 1. The number of barbiturate groups is 1. The topological polar surface area (TPSA) is 66.5 Å². The van der Waals surface area contributed by atoms with E-state index in [1.54, 1.807) is 0 Å². The van der Waals surface area contributed by atoms with Crippen molar-refractivity contribution in [3.8, 4) is 0 Å². The van der Waals surface area contributed by atoms with E-state index < -0.39 is 11.9 Å². The number of carbonyl (C=O) groups is 3. The van der Waals surface area contributed by atoms with Crippen molar-refractivity contribution in [3.05, 3.63) is 12.2 Å². The average molecular weight is 222 g/mol. The average Bonchev–Trinajstić information content (AvgIpc) is 2.25. The molecular formula is C11H14N2O3. The zero-order valence-corrected chi connectivity index (χ0v) is 8.94. The van der Waals surface area contributed by atoms with Crippen molar-refractivity contribution in [2.75, 3.05) is 6.54 Å². The summed E-state index contributed by atoms with van der Waals surface area (Å²) in [6.45, 7) is 0.419. The fourth-order valence-electron chi connectivity index (χ4n) is 2.04. The molecule has 4 amide bonds. The van der Waals surface area contributed by atoms with Gasteiger partial charge in [-0.25, -0.2) is 4.79 Å². The van der Waals surface area contributed by atoms with E-state index in [1.165, 1.54) is 0 Å². The molecule has 1 fully saturated rings. The zero-order valence-electron chi connectivity index (χ0n) is 8.94. The first-order valence-corrected chi connectivity index (χ1v) is 5.46. The molecule has 1 atom stereocenters. The van der Waals surface area contributed by atoms with Gasteiger partial charge in [-0.05, 0) is 25.2 Å². The minimum absolute atomic E-state index is 0.214. The largest absolute Gasteiger partial charge is 0.330 e. The standard InChI is InChI=1S/C11H14N2O3/c14-9-6-10(15)13(11(16)12-9)7-8-4-2-1-3-5-8/h1-2,8H,3-7H2,(H,12,14,16). The highest BCUT2D eigenvalue weighted by atomic mass is 16.2. The molecule has 2 aliphatic rings. The van der Waals surface area contributed by atoms with Gasteiger partial charge in [-0.15, -0.1) is 0 Å². The predicted molar refractivity (Wildman–Crippen MR) is 56.3 cm³/mol. The molecule has 0 saturated carbocycles. The van der Waals surface area contributed by atoms with Crippen LogP contribution in [0, 0.1) is 5.92 Å². The molecule has 1 aliphatic carbocycles. The van der Waals surface area contributed by atoms with Gasteiger partial charge in [0.1, 0.15) is 6.42 Å². The van der Waals surface area contributed by atoms with Crippen LogP contribution < -0.4 is 5.32 Å². The minimum Gasteiger partial charge on any atom is -0.277 e. The number of allylic oxidation sites excluding steroid dienone is 2. The second kappa shape index (κ2) is 4.47. The summed E-state index contributed by atoms with van der Waals surface area (Å²) < 4.78 is 0.